The van der Waals surface area contributed by atoms with E-state index < -0.39 is 11.9 Å². The van der Waals surface area contributed by atoms with Gasteiger partial charge in [-0.2, -0.15) is 0 Å². The molecule has 1 aromatic carbocycles. The molecule has 0 radical (unpaired) electrons. The summed E-state index contributed by atoms with van der Waals surface area (Å²) in [5.74, 6) is 0.130. The summed E-state index contributed by atoms with van der Waals surface area (Å²) in [4.78, 5) is 35.9. The van der Waals surface area contributed by atoms with Crippen LogP contribution in [0.5, 0.6) is 0 Å². The number of thiazole rings is 1. The number of carbonyl (C=O) groups excluding carboxylic acids is 1. The fraction of sp³-hybridized carbons (Fsp3) is 0.294. The van der Waals surface area contributed by atoms with Crippen molar-refractivity contribution in [3.63, 3.8) is 0 Å². The minimum Gasteiger partial charge on any atom is -0.368 e. The lowest BCUT2D eigenvalue weighted by molar-refractivity contribution is -0.119. The Morgan fingerprint density at radius 2 is 1.96 bits per heavy atom. The third kappa shape index (κ3) is 3.29. The number of halogens is 1. The van der Waals surface area contributed by atoms with E-state index in [0.29, 0.717) is 28.8 Å². The van der Waals surface area contributed by atoms with Crippen LogP contribution in [0, 0.1) is 0 Å². The molecule has 1 amide bonds. The standard InChI is InChI=1S/C17H18N6O2S.ClH/c1-22-14(9-5-3-2-4-6-9)21-15-12(16(22)25)20-17(26-15)23-8-10(18)7-11(23)13(19)24;/h2-6,10-11H,7-8,18H2,1H3,(H2,19,24);1H/t10-,11+;/m0./s1. The number of anilines is 1. The van der Waals surface area contributed by atoms with Crippen LogP contribution in [0.3, 0.4) is 0 Å². The Hall–Kier alpha value is -2.49. The molecule has 0 bridgehead atoms. The molecule has 2 aromatic heterocycles. The summed E-state index contributed by atoms with van der Waals surface area (Å²) in [5, 5.41) is 0.548. The zero-order valence-corrected chi connectivity index (χ0v) is 16.2. The SMILES string of the molecule is Cl.Cn1c(-c2ccccc2)nc2sc(N3C[C@@H](N)C[C@@H]3C(N)=O)nc2c1=O. The van der Waals surface area contributed by atoms with E-state index in [2.05, 4.69) is 9.97 Å². The fourth-order valence-electron chi connectivity index (χ4n) is 3.26. The van der Waals surface area contributed by atoms with E-state index in [4.69, 9.17) is 11.5 Å². The van der Waals surface area contributed by atoms with Crippen LogP contribution in [0.4, 0.5) is 5.13 Å². The van der Waals surface area contributed by atoms with Gasteiger partial charge in [0.1, 0.15) is 11.9 Å². The molecule has 3 heterocycles. The highest BCUT2D eigenvalue weighted by molar-refractivity contribution is 7.21. The quantitative estimate of drug-likeness (QED) is 0.665. The van der Waals surface area contributed by atoms with Crippen molar-refractivity contribution in [1.29, 1.82) is 0 Å². The van der Waals surface area contributed by atoms with E-state index in [9.17, 15) is 9.59 Å². The molecule has 0 aliphatic carbocycles. The number of fused-ring (bicyclic) bond motifs is 1. The van der Waals surface area contributed by atoms with E-state index in [-0.39, 0.29) is 29.5 Å². The average molecular weight is 407 g/mol. The maximum absolute atomic E-state index is 12.8. The Morgan fingerprint density at radius 3 is 2.63 bits per heavy atom. The van der Waals surface area contributed by atoms with Crippen LogP contribution in [0.2, 0.25) is 0 Å². The van der Waals surface area contributed by atoms with Gasteiger partial charge in [-0.1, -0.05) is 41.7 Å². The monoisotopic (exact) mass is 406 g/mol. The summed E-state index contributed by atoms with van der Waals surface area (Å²) in [6, 6.07) is 8.83. The third-order valence-electron chi connectivity index (χ3n) is 4.57. The number of nitrogens with zero attached hydrogens (tertiary/aromatic N) is 4. The zero-order chi connectivity index (χ0) is 18.4. The minimum atomic E-state index is -0.511. The summed E-state index contributed by atoms with van der Waals surface area (Å²) in [5.41, 5.74) is 12.4. The molecule has 1 saturated heterocycles. The predicted molar refractivity (Wildman–Crippen MR) is 108 cm³/mol. The molecule has 4 rings (SSSR count). The molecule has 1 fully saturated rings. The van der Waals surface area contributed by atoms with Gasteiger partial charge in [0.05, 0.1) is 0 Å². The van der Waals surface area contributed by atoms with Gasteiger partial charge in [0.15, 0.2) is 15.5 Å². The molecular formula is C17H19ClN6O2S. The Morgan fingerprint density at radius 1 is 1.26 bits per heavy atom. The maximum atomic E-state index is 12.8. The Bertz CT molecular complexity index is 1050. The zero-order valence-electron chi connectivity index (χ0n) is 14.5. The van der Waals surface area contributed by atoms with E-state index >= 15 is 0 Å². The van der Waals surface area contributed by atoms with Gasteiger partial charge in [0.2, 0.25) is 5.91 Å². The summed E-state index contributed by atoms with van der Waals surface area (Å²) < 4.78 is 1.49. The number of hydrogen-bond acceptors (Lipinski definition) is 7. The highest BCUT2D eigenvalue weighted by atomic mass is 35.5. The van der Waals surface area contributed by atoms with Crippen molar-refractivity contribution in [3.8, 4) is 11.4 Å². The number of primary amides is 1. The van der Waals surface area contributed by atoms with Crippen LogP contribution in [0.25, 0.3) is 21.7 Å². The van der Waals surface area contributed by atoms with E-state index in [1.807, 2.05) is 30.3 Å². The number of benzene rings is 1. The van der Waals surface area contributed by atoms with Gasteiger partial charge in [-0.15, -0.1) is 12.4 Å². The lowest BCUT2D eigenvalue weighted by Crippen LogP contribution is -2.40. The lowest BCUT2D eigenvalue weighted by Gasteiger charge is -2.20. The van der Waals surface area contributed by atoms with Crippen molar-refractivity contribution < 1.29 is 4.79 Å². The normalized spacial score (nSPS) is 19.3. The molecule has 2 atom stereocenters. The highest BCUT2D eigenvalue weighted by Crippen LogP contribution is 2.32. The first-order chi connectivity index (χ1) is 12.5. The smallest absolute Gasteiger partial charge is 0.281 e. The molecular weight excluding hydrogens is 388 g/mol. The summed E-state index contributed by atoms with van der Waals surface area (Å²) >= 11 is 1.28. The summed E-state index contributed by atoms with van der Waals surface area (Å²) in [6.45, 7) is 0.472. The largest absolute Gasteiger partial charge is 0.368 e. The van der Waals surface area contributed by atoms with Gasteiger partial charge >= 0.3 is 0 Å². The van der Waals surface area contributed by atoms with Crippen LogP contribution in [0.15, 0.2) is 35.1 Å². The second-order valence-corrected chi connectivity index (χ2v) is 7.34. The van der Waals surface area contributed by atoms with Gasteiger partial charge in [0, 0.05) is 25.2 Å². The van der Waals surface area contributed by atoms with E-state index in [1.165, 1.54) is 15.9 Å². The number of hydrogen-bond donors (Lipinski definition) is 2. The fourth-order valence-corrected chi connectivity index (χ4v) is 4.25. The van der Waals surface area contributed by atoms with E-state index in [1.54, 1.807) is 11.9 Å². The van der Waals surface area contributed by atoms with Crippen molar-refractivity contribution in [3.05, 3.63) is 40.7 Å². The van der Waals surface area contributed by atoms with Crippen molar-refractivity contribution in [2.75, 3.05) is 11.4 Å². The Kier molecular flexibility index (Phi) is 5.18. The van der Waals surface area contributed by atoms with Crippen LogP contribution in [0.1, 0.15) is 6.42 Å². The van der Waals surface area contributed by atoms with Crippen molar-refractivity contribution in [2.45, 2.75) is 18.5 Å². The van der Waals surface area contributed by atoms with E-state index in [0.717, 1.165) is 5.56 Å². The molecule has 0 spiro atoms. The number of carbonyl (C=O) groups is 1. The first-order valence-corrected chi connectivity index (χ1v) is 9.02. The molecule has 10 heteroatoms. The van der Waals surface area contributed by atoms with Crippen LogP contribution < -0.4 is 21.9 Å². The predicted octanol–water partition coefficient (Wildman–Crippen LogP) is 0.870. The first kappa shape index (κ1) is 19.3. The topological polar surface area (TPSA) is 120 Å². The molecule has 3 aromatic rings. The Balaban J connectivity index is 0.00000210. The van der Waals surface area contributed by atoms with Gasteiger partial charge in [-0.05, 0) is 6.42 Å². The van der Waals surface area contributed by atoms with Crippen LogP contribution in [-0.4, -0.2) is 39.1 Å². The van der Waals surface area contributed by atoms with Crippen LogP contribution >= 0.6 is 23.7 Å². The highest BCUT2D eigenvalue weighted by Gasteiger charge is 2.36. The lowest BCUT2D eigenvalue weighted by atomic mass is 10.2. The second kappa shape index (κ2) is 7.26. The molecule has 27 heavy (non-hydrogen) atoms. The molecule has 4 N–H and O–H groups in total. The van der Waals surface area contributed by atoms with Gasteiger partial charge in [0.25, 0.3) is 5.56 Å². The Labute approximate surface area is 165 Å². The molecule has 1 aliphatic heterocycles. The van der Waals surface area contributed by atoms with Gasteiger partial charge in [-0.3, -0.25) is 14.2 Å². The number of amides is 1. The van der Waals surface area contributed by atoms with Crippen molar-refractivity contribution in [2.24, 2.45) is 18.5 Å². The molecule has 0 saturated carbocycles. The minimum absolute atomic E-state index is 0. The second-order valence-electron chi connectivity index (χ2n) is 6.38. The van der Waals surface area contributed by atoms with Gasteiger partial charge < -0.3 is 16.4 Å². The van der Waals surface area contributed by atoms with Crippen LogP contribution in [-0.2, 0) is 11.8 Å². The number of nitrogens with two attached hydrogens (primary N) is 2. The average Bonchev–Trinajstić information content (AvgIpc) is 3.22. The maximum Gasteiger partial charge on any atom is 0.281 e. The molecule has 1 aliphatic rings. The van der Waals surface area contributed by atoms with Crippen molar-refractivity contribution in [1.82, 2.24) is 14.5 Å². The summed E-state index contributed by atoms with van der Waals surface area (Å²) in [6.07, 6.45) is 0.478. The molecule has 0 unspecified atom stereocenters. The third-order valence-corrected chi connectivity index (χ3v) is 5.56. The van der Waals surface area contributed by atoms with Crippen molar-refractivity contribution >= 4 is 45.1 Å². The number of aromatic nitrogens is 3. The molecule has 142 valence electrons. The molecule has 8 nitrogen and oxygen atoms in total. The first-order valence-electron chi connectivity index (χ1n) is 8.20. The number of rotatable bonds is 3. The summed E-state index contributed by atoms with van der Waals surface area (Å²) in [7, 11) is 1.67. The van der Waals surface area contributed by atoms with Gasteiger partial charge in [-0.25, -0.2) is 9.97 Å².